The number of hydrogen-bond donors (Lipinski definition) is 1. The van der Waals surface area contributed by atoms with Crippen molar-refractivity contribution in [3.63, 3.8) is 0 Å². The SMILES string of the molecule is CCN(C(=O)O)[C@@H]1CN(C(=O)C2CCN(c3ccc(C#N)nc3)CC2)C[C@H]1c1ccc(F)c(F)c1. The minimum absolute atomic E-state index is 0.0425. The Kier molecular flexibility index (Phi) is 7.15. The van der Waals surface area contributed by atoms with Crippen LogP contribution in [0.4, 0.5) is 19.3 Å². The molecule has 3 heterocycles. The van der Waals surface area contributed by atoms with Crippen LogP contribution in [0, 0.1) is 28.9 Å². The summed E-state index contributed by atoms with van der Waals surface area (Å²) in [6, 6.07) is 8.56. The van der Waals surface area contributed by atoms with Gasteiger partial charge < -0.3 is 19.8 Å². The van der Waals surface area contributed by atoms with Gasteiger partial charge in [-0.2, -0.15) is 5.26 Å². The molecule has 1 aromatic carbocycles. The molecule has 0 bridgehead atoms. The third-order valence-electron chi connectivity index (χ3n) is 7.03. The van der Waals surface area contributed by atoms with Crippen LogP contribution in [0.1, 0.15) is 36.9 Å². The topological polar surface area (TPSA) is 101 Å². The number of carbonyl (C=O) groups is 2. The maximum Gasteiger partial charge on any atom is 0.407 e. The van der Waals surface area contributed by atoms with Crippen LogP contribution in [0.3, 0.4) is 0 Å². The number of nitrogens with zero attached hydrogens (tertiary/aromatic N) is 5. The molecule has 0 spiro atoms. The standard InChI is InChI=1S/C25H27F2N5O3/c1-2-32(25(34)35)23-15-31(14-20(23)17-3-6-21(26)22(27)11-17)24(33)16-7-9-30(10-8-16)19-5-4-18(12-28)29-13-19/h3-6,11,13,16,20,23H,2,7-10,14-15H2,1H3,(H,34,35)/t20-,23+/m0/s1. The van der Waals surface area contributed by atoms with E-state index in [2.05, 4.69) is 9.88 Å². The lowest BCUT2D eigenvalue weighted by atomic mass is 9.93. The van der Waals surface area contributed by atoms with Crippen LogP contribution in [0.5, 0.6) is 0 Å². The van der Waals surface area contributed by atoms with Crippen LogP contribution in [-0.2, 0) is 4.79 Å². The number of halogens is 2. The number of carbonyl (C=O) groups excluding carboxylic acids is 1. The van der Waals surface area contributed by atoms with Gasteiger partial charge in [-0.25, -0.2) is 18.6 Å². The molecule has 0 aliphatic carbocycles. The van der Waals surface area contributed by atoms with E-state index in [4.69, 9.17) is 5.26 Å². The van der Waals surface area contributed by atoms with E-state index in [9.17, 15) is 23.5 Å². The molecule has 0 saturated carbocycles. The number of likely N-dealkylation sites (tertiary alicyclic amines) is 1. The third kappa shape index (κ3) is 5.04. The van der Waals surface area contributed by atoms with Crippen LogP contribution in [0.25, 0.3) is 0 Å². The normalized spacial score (nSPS) is 20.5. The summed E-state index contributed by atoms with van der Waals surface area (Å²) in [4.78, 5) is 34.4. The van der Waals surface area contributed by atoms with Gasteiger partial charge in [-0.1, -0.05) is 6.07 Å². The smallest absolute Gasteiger partial charge is 0.407 e. The van der Waals surface area contributed by atoms with Gasteiger partial charge in [0.1, 0.15) is 11.8 Å². The second-order valence-corrected chi connectivity index (χ2v) is 8.93. The van der Waals surface area contributed by atoms with Gasteiger partial charge in [0.25, 0.3) is 0 Å². The molecule has 0 unspecified atom stereocenters. The number of likely N-dealkylation sites (N-methyl/N-ethyl adjacent to an activating group) is 1. The fourth-order valence-corrected chi connectivity index (χ4v) is 5.15. The van der Waals surface area contributed by atoms with Crippen LogP contribution < -0.4 is 4.90 Å². The maximum atomic E-state index is 14.0. The fourth-order valence-electron chi connectivity index (χ4n) is 5.15. The molecule has 1 N–H and O–H groups in total. The van der Waals surface area contributed by atoms with Crippen LogP contribution in [0.2, 0.25) is 0 Å². The highest BCUT2D eigenvalue weighted by atomic mass is 19.2. The molecule has 0 radical (unpaired) electrons. The number of carboxylic acid groups (broad SMARTS) is 1. The number of aromatic nitrogens is 1. The average Bonchev–Trinajstić information content (AvgIpc) is 3.30. The van der Waals surface area contributed by atoms with Crippen molar-refractivity contribution in [3.8, 4) is 6.07 Å². The number of rotatable bonds is 5. The monoisotopic (exact) mass is 483 g/mol. The van der Waals surface area contributed by atoms with Crippen molar-refractivity contribution in [1.82, 2.24) is 14.8 Å². The van der Waals surface area contributed by atoms with Gasteiger partial charge in [0, 0.05) is 44.6 Å². The van der Waals surface area contributed by atoms with E-state index < -0.39 is 29.7 Å². The lowest BCUT2D eigenvalue weighted by molar-refractivity contribution is -0.135. The van der Waals surface area contributed by atoms with Gasteiger partial charge in [-0.05, 0) is 49.6 Å². The van der Waals surface area contributed by atoms with Crippen LogP contribution in [-0.4, -0.2) is 70.7 Å². The third-order valence-corrected chi connectivity index (χ3v) is 7.03. The van der Waals surface area contributed by atoms with Gasteiger partial charge in [-0.3, -0.25) is 4.79 Å². The molecule has 2 amide bonds. The summed E-state index contributed by atoms with van der Waals surface area (Å²) < 4.78 is 27.5. The van der Waals surface area contributed by atoms with Crippen molar-refractivity contribution < 1.29 is 23.5 Å². The number of amides is 2. The number of anilines is 1. The van der Waals surface area contributed by atoms with E-state index in [1.165, 1.54) is 11.0 Å². The molecule has 184 valence electrons. The quantitative estimate of drug-likeness (QED) is 0.699. The second-order valence-electron chi connectivity index (χ2n) is 8.93. The molecular weight excluding hydrogens is 456 g/mol. The molecule has 1 aromatic heterocycles. The van der Waals surface area contributed by atoms with E-state index >= 15 is 0 Å². The molecule has 35 heavy (non-hydrogen) atoms. The lowest BCUT2D eigenvalue weighted by Crippen LogP contribution is -2.45. The number of hydrogen-bond acceptors (Lipinski definition) is 5. The van der Waals surface area contributed by atoms with Crippen LogP contribution in [0.15, 0.2) is 36.5 Å². The van der Waals surface area contributed by atoms with Crippen molar-refractivity contribution in [2.45, 2.75) is 31.7 Å². The first-order valence-corrected chi connectivity index (χ1v) is 11.7. The summed E-state index contributed by atoms with van der Waals surface area (Å²) in [6.07, 6.45) is 1.81. The number of nitriles is 1. The zero-order valence-electron chi connectivity index (χ0n) is 19.4. The van der Waals surface area contributed by atoms with Crippen molar-refractivity contribution in [3.05, 3.63) is 59.4 Å². The Bertz CT molecular complexity index is 1130. The largest absolute Gasteiger partial charge is 0.465 e. The van der Waals surface area contributed by atoms with Crippen LogP contribution >= 0.6 is 0 Å². The lowest BCUT2D eigenvalue weighted by Gasteiger charge is -2.34. The first-order chi connectivity index (χ1) is 16.8. The Labute approximate surface area is 202 Å². The molecular formula is C25H27F2N5O3. The Morgan fingerprint density at radius 1 is 1.17 bits per heavy atom. The minimum atomic E-state index is -1.11. The minimum Gasteiger partial charge on any atom is -0.465 e. The van der Waals surface area contributed by atoms with Gasteiger partial charge >= 0.3 is 6.09 Å². The van der Waals surface area contributed by atoms with E-state index in [1.54, 1.807) is 24.1 Å². The van der Waals surface area contributed by atoms with Gasteiger partial charge in [0.2, 0.25) is 5.91 Å². The summed E-state index contributed by atoms with van der Waals surface area (Å²) in [5.74, 6) is -2.66. The first kappa shape index (κ1) is 24.4. The summed E-state index contributed by atoms with van der Waals surface area (Å²) in [5.41, 5.74) is 1.72. The van der Waals surface area contributed by atoms with Gasteiger partial charge in [0.05, 0.1) is 17.9 Å². The predicted octanol–water partition coefficient (Wildman–Crippen LogP) is 3.44. The summed E-state index contributed by atoms with van der Waals surface area (Å²) in [6.45, 7) is 3.71. The second kappa shape index (κ2) is 10.3. The van der Waals surface area contributed by atoms with E-state index in [0.29, 0.717) is 37.2 Å². The van der Waals surface area contributed by atoms with E-state index in [1.807, 2.05) is 12.1 Å². The van der Waals surface area contributed by atoms with Gasteiger partial charge in [0.15, 0.2) is 11.6 Å². The first-order valence-electron chi connectivity index (χ1n) is 11.7. The van der Waals surface area contributed by atoms with Crippen molar-refractivity contribution in [1.29, 1.82) is 5.26 Å². The Balaban J connectivity index is 1.47. The predicted molar refractivity (Wildman–Crippen MR) is 124 cm³/mol. The highest BCUT2D eigenvalue weighted by Gasteiger charge is 2.42. The molecule has 2 saturated heterocycles. The fraction of sp³-hybridized carbons (Fsp3) is 0.440. The molecule has 10 heteroatoms. The molecule has 2 aliphatic heterocycles. The Morgan fingerprint density at radius 2 is 1.91 bits per heavy atom. The van der Waals surface area contributed by atoms with E-state index in [0.717, 1.165) is 17.8 Å². The van der Waals surface area contributed by atoms with E-state index in [-0.39, 0.29) is 31.5 Å². The van der Waals surface area contributed by atoms with Gasteiger partial charge in [-0.15, -0.1) is 0 Å². The average molecular weight is 484 g/mol. The molecule has 2 aliphatic rings. The molecule has 2 atom stereocenters. The number of piperidine rings is 1. The van der Waals surface area contributed by atoms with Crippen molar-refractivity contribution >= 4 is 17.7 Å². The number of pyridine rings is 1. The highest BCUT2D eigenvalue weighted by molar-refractivity contribution is 5.80. The molecule has 2 fully saturated rings. The summed E-state index contributed by atoms with van der Waals surface area (Å²) in [5, 5.41) is 18.6. The summed E-state index contributed by atoms with van der Waals surface area (Å²) in [7, 11) is 0. The highest BCUT2D eigenvalue weighted by Crippen LogP contribution is 2.34. The maximum absolute atomic E-state index is 14.0. The molecule has 2 aromatic rings. The molecule has 4 rings (SSSR count). The van der Waals surface area contributed by atoms with Crippen molar-refractivity contribution in [2.75, 3.05) is 37.6 Å². The molecule has 8 nitrogen and oxygen atoms in total. The Morgan fingerprint density at radius 3 is 2.49 bits per heavy atom. The van der Waals surface area contributed by atoms with Crippen molar-refractivity contribution in [2.24, 2.45) is 5.92 Å². The summed E-state index contributed by atoms with van der Waals surface area (Å²) >= 11 is 0. The zero-order chi connectivity index (χ0) is 25.1. The number of benzene rings is 1. The Hall–Kier alpha value is -3.74. The zero-order valence-corrected chi connectivity index (χ0v) is 19.4.